The number of halogens is 1. The van der Waals surface area contributed by atoms with Crippen molar-refractivity contribution in [3.05, 3.63) is 101 Å². The molecule has 1 fully saturated rings. The molecule has 5 nitrogen and oxygen atoms in total. The Bertz CT molecular complexity index is 1220. The van der Waals surface area contributed by atoms with Crippen LogP contribution in [-0.4, -0.2) is 35.4 Å². The van der Waals surface area contributed by atoms with Gasteiger partial charge in [-0.1, -0.05) is 79.9 Å². The van der Waals surface area contributed by atoms with Crippen molar-refractivity contribution >= 4 is 11.8 Å². The maximum Gasteiger partial charge on any atom is 0.261 e. The second kappa shape index (κ2) is 13.2. The van der Waals surface area contributed by atoms with Gasteiger partial charge in [0.15, 0.2) is 6.61 Å². The lowest BCUT2D eigenvalue weighted by Crippen LogP contribution is -2.53. The number of carbonyl (C=O) groups is 2. The molecule has 0 heterocycles. The molecule has 4 rings (SSSR count). The molecule has 2 amide bonds. The first kappa shape index (κ1) is 27.4. The molecule has 0 bridgehead atoms. The molecule has 0 saturated heterocycles. The van der Waals surface area contributed by atoms with E-state index in [1.165, 1.54) is 17.4 Å². The number of nitrogens with zero attached hydrogens (tertiary/aromatic N) is 1. The van der Waals surface area contributed by atoms with Crippen LogP contribution in [0.3, 0.4) is 0 Å². The van der Waals surface area contributed by atoms with Crippen molar-refractivity contribution in [2.45, 2.75) is 71.0 Å². The Morgan fingerprint density at radius 3 is 2.42 bits per heavy atom. The maximum absolute atomic E-state index is 14.8. The van der Waals surface area contributed by atoms with E-state index in [-0.39, 0.29) is 31.0 Å². The Labute approximate surface area is 225 Å². The van der Waals surface area contributed by atoms with E-state index < -0.39 is 11.9 Å². The monoisotopic (exact) mass is 516 g/mol. The molecule has 0 aliphatic heterocycles. The van der Waals surface area contributed by atoms with E-state index in [1.54, 1.807) is 18.2 Å². The van der Waals surface area contributed by atoms with E-state index >= 15 is 0 Å². The molecule has 38 heavy (non-hydrogen) atoms. The Morgan fingerprint density at radius 2 is 1.68 bits per heavy atom. The first-order valence-corrected chi connectivity index (χ1v) is 13.5. The summed E-state index contributed by atoms with van der Waals surface area (Å²) in [6.07, 6.45) is 5.52. The molecule has 0 spiro atoms. The van der Waals surface area contributed by atoms with Crippen LogP contribution in [0.15, 0.2) is 72.8 Å². The Morgan fingerprint density at radius 1 is 0.974 bits per heavy atom. The van der Waals surface area contributed by atoms with Crippen LogP contribution in [0.2, 0.25) is 0 Å². The summed E-state index contributed by atoms with van der Waals surface area (Å²) in [7, 11) is 0. The van der Waals surface area contributed by atoms with Crippen molar-refractivity contribution in [2.24, 2.45) is 0 Å². The SMILES string of the molecule is Cc1ccc(C)c(OCC(=O)N(Cc2ccccc2F)[C@@H](Cc2ccccc2)C(=O)NC2CCCCC2)c1. The predicted octanol–water partition coefficient (Wildman–Crippen LogP) is 5.91. The van der Waals surface area contributed by atoms with Gasteiger partial charge in [0.2, 0.25) is 5.91 Å². The third-order valence-corrected chi connectivity index (χ3v) is 7.22. The first-order valence-electron chi connectivity index (χ1n) is 13.5. The standard InChI is InChI=1S/C32H37FN2O3/c1-23-17-18-24(2)30(19-23)38-22-31(36)35(21-26-13-9-10-16-28(26)33)29(20-25-11-5-3-6-12-25)32(37)34-27-14-7-4-8-15-27/h3,5-6,9-13,16-19,27,29H,4,7-8,14-15,20-22H2,1-2H3,(H,34,37)/t29-/m0/s1. The molecular weight excluding hydrogens is 479 g/mol. The van der Waals surface area contributed by atoms with Crippen molar-refractivity contribution in [3.8, 4) is 5.75 Å². The van der Waals surface area contributed by atoms with E-state index in [0.717, 1.165) is 42.4 Å². The van der Waals surface area contributed by atoms with E-state index in [1.807, 2.05) is 62.4 Å². The second-order valence-corrected chi connectivity index (χ2v) is 10.2. The molecule has 1 atom stereocenters. The van der Waals surface area contributed by atoms with Crippen molar-refractivity contribution in [3.63, 3.8) is 0 Å². The van der Waals surface area contributed by atoms with Crippen molar-refractivity contribution in [1.82, 2.24) is 10.2 Å². The molecule has 0 aromatic heterocycles. The van der Waals surface area contributed by atoms with E-state index in [9.17, 15) is 14.0 Å². The highest BCUT2D eigenvalue weighted by molar-refractivity contribution is 5.88. The minimum absolute atomic E-state index is 0.0305. The second-order valence-electron chi connectivity index (χ2n) is 10.2. The van der Waals surface area contributed by atoms with Crippen LogP contribution in [0.4, 0.5) is 4.39 Å². The number of carbonyl (C=O) groups excluding carboxylic acids is 2. The van der Waals surface area contributed by atoms with Crippen LogP contribution in [-0.2, 0) is 22.6 Å². The number of aryl methyl sites for hydroxylation is 2. The molecule has 1 saturated carbocycles. The van der Waals surface area contributed by atoms with Gasteiger partial charge >= 0.3 is 0 Å². The fourth-order valence-electron chi connectivity index (χ4n) is 4.99. The minimum Gasteiger partial charge on any atom is -0.483 e. The average molecular weight is 517 g/mol. The molecule has 6 heteroatoms. The zero-order valence-electron chi connectivity index (χ0n) is 22.3. The highest BCUT2D eigenvalue weighted by Crippen LogP contribution is 2.22. The van der Waals surface area contributed by atoms with Crippen LogP contribution in [0, 0.1) is 19.7 Å². The van der Waals surface area contributed by atoms with Gasteiger partial charge in [-0.05, 0) is 55.5 Å². The third-order valence-electron chi connectivity index (χ3n) is 7.22. The average Bonchev–Trinajstić information content (AvgIpc) is 2.93. The largest absolute Gasteiger partial charge is 0.483 e. The van der Waals surface area contributed by atoms with Gasteiger partial charge in [0.1, 0.15) is 17.6 Å². The number of hydrogen-bond donors (Lipinski definition) is 1. The predicted molar refractivity (Wildman–Crippen MR) is 147 cm³/mol. The number of benzene rings is 3. The summed E-state index contributed by atoms with van der Waals surface area (Å²) in [6.45, 7) is 3.61. The third kappa shape index (κ3) is 7.44. The number of amides is 2. The number of ether oxygens (including phenoxy) is 1. The van der Waals surface area contributed by atoms with E-state index in [4.69, 9.17) is 4.74 Å². The van der Waals surface area contributed by atoms with Gasteiger partial charge in [0.25, 0.3) is 5.91 Å². The van der Waals surface area contributed by atoms with Gasteiger partial charge in [-0.15, -0.1) is 0 Å². The van der Waals surface area contributed by atoms with Crippen LogP contribution in [0.5, 0.6) is 5.75 Å². The lowest BCUT2D eigenvalue weighted by Gasteiger charge is -2.33. The topological polar surface area (TPSA) is 58.6 Å². The van der Waals surface area contributed by atoms with Gasteiger partial charge < -0.3 is 15.0 Å². The molecule has 3 aromatic carbocycles. The summed E-state index contributed by atoms with van der Waals surface area (Å²) in [5.41, 5.74) is 3.23. The summed E-state index contributed by atoms with van der Waals surface area (Å²) >= 11 is 0. The molecule has 0 radical (unpaired) electrons. The van der Waals surface area contributed by atoms with Crippen LogP contribution in [0.25, 0.3) is 0 Å². The van der Waals surface area contributed by atoms with Gasteiger partial charge in [0, 0.05) is 24.6 Å². The Kier molecular flexibility index (Phi) is 9.52. The molecule has 1 aliphatic rings. The summed E-state index contributed by atoms with van der Waals surface area (Å²) in [6, 6.07) is 21.1. The molecule has 1 aliphatic carbocycles. The summed E-state index contributed by atoms with van der Waals surface area (Å²) in [4.78, 5) is 29.0. The highest BCUT2D eigenvalue weighted by Gasteiger charge is 2.32. The van der Waals surface area contributed by atoms with Crippen molar-refractivity contribution < 1.29 is 18.7 Å². The van der Waals surface area contributed by atoms with E-state index in [0.29, 0.717) is 17.7 Å². The lowest BCUT2D eigenvalue weighted by molar-refractivity contribution is -0.143. The molecular formula is C32H37FN2O3. The maximum atomic E-state index is 14.8. The molecule has 3 aromatic rings. The smallest absolute Gasteiger partial charge is 0.261 e. The van der Waals surface area contributed by atoms with Crippen molar-refractivity contribution in [2.75, 3.05) is 6.61 Å². The Balaban J connectivity index is 1.63. The number of nitrogens with one attached hydrogen (secondary N) is 1. The summed E-state index contributed by atoms with van der Waals surface area (Å²) in [5.74, 6) is -0.367. The number of hydrogen-bond acceptors (Lipinski definition) is 3. The minimum atomic E-state index is -0.811. The molecule has 200 valence electrons. The van der Waals surface area contributed by atoms with Crippen LogP contribution >= 0.6 is 0 Å². The highest BCUT2D eigenvalue weighted by atomic mass is 19.1. The van der Waals surface area contributed by atoms with Gasteiger partial charge in [-0.25, -0.2) is 4.39 Å². The number of rotatable bonds is 10. The fraction of sp³-hybridized carbons (Fsp3) is 0.375. The zero-order chi connectivity index (χ0) is 26.9. The van der Waals surface area contributed by atoms with Gasteiger partial charge in [-0.3, -0.25) is 9.59 Å². The van der Waals surface area contributed by atoms with E-state index in [2.05, 4.69) is 5.32 Å². The van der Waals surface area contributed by atoms with Gasteiger partial charge in [-0.2, -0.15) is 0 Å². The lowest BCUT2D eigenvalue weighted by atomic mass is 9.94. The first-order chi connectivity index (χ1) is 18.4. The summed E-state index contributed by atoms with van der Waals surface area (Å²) in [5, 5.41) is 3.20. The summed E-state index contributed by atoms with van der Waals surface area (Å²) < 4.78 is 20.7. The van der Waals surface area contributed by atoms with Crippen LogP contribution < -0.4 is 10.1 Å². The van der Waals surface area contributed by atoms with Gasteiger partial charge in [0.05, 0.1) is 0 Å². The normalized spacial score (nSPS) is 14.5. The fourth-order valence-corrected chi connectivity index (χ4v) is 4.99. The molecule has 0 unspecified atom stereocenters. The van der Waals surface area contributed by atoms with Crippen molar-refractivity contribution in [1.29, 1.82) is 0 Å². The molecule has 1 N–H and O–H groups in total. The zero-order valence-corrected chi connectivity index (χ0v) is 22.3. The van der Waals surface area contributed by atoms with Crippen LogP contribution in [0.1, 0.15) is 54.4 Å². The quantitative estimate of drug-likeness (QED) is 0.364. The Hall–Kier alpha value is -3.67.